The van der Waals surface area contributed by atoms with Gasteiger partial charge in [0.15, 0.2) is 0 Å². The number of nitrogens with zero attached hydrogens (tertiary/aromatic N) is 1. The predicted molar refractivity (Wildman–Crippen MR) is 27.4 cm³/mol. The Morgan fingerprint density at radius 1 is 1.56 bits per heavy atom. The SMILES string of the molecule is O=C(O)C(=O)[N+](=S)CO. The number of aliphatic carboxylic acids is 1. The number of hydrogen-bond donors (Lipinski definition) is 2. The summed E-state index contributed by atoms with van der Waals surface area (Å²) in [5.74, 6) is -2.97. The third-order valence-corrected chi connectivity index (χ3v) is 0.819. The predicted octanol–water partition coefficient (Wildman–Crippen LogP) is -1.71. The number of hydrogen-bond acceptors (Lipinski definition) is 4. The van der Waals surface area contributed by atoms with E-state index in [-0.39, 0.29) is 3.95 Å². The van der Waals surface area contributed by atoms with Crippen molar-refractivity contribution in [3.05, 3.63) is 0 Å². The number of aliphatic hydroxyl groups excluding tert-OH is 1. The molecule has 0 atom stereocenters. The van der Waals surface area contributed by atoms with Crippen LogP contribution in [0.25, 0.3) is 0 Å². The van der Waals surface area contributed by atoms with Gasteiger partial charge in [-0.15, -0.1) is 0 Å². The molecule has 0 bridgehead atoms. The Hall–Kier alpha value is -0.880. The van der Waals surface area contributed by atoms with Crippen LogP contribution in [0.1, 0.15) is 0 Å². The number of carboxylic acids is 1. The van der Waals surface area contributed by atoms with Crippen molar-refractivity contribution in [1.82, 2.24) is 0 Å². The number of carbonyl (C=O) groups excluding carboxylic acids is 1. The van der Waals surface area contributed by atoms with Crippen LogP contribution in [0.3, 0.4) is 0 Å². The first-order valence-corrected chi connectivity index (χ1v) is 2.29. The van der Waals surface area contributed by atoms with Crippen LogP contribution in [0.2, 0.25) is 0 Å². The van der Waals surface area contributed by atoms with Gasteiger partial charge in [-0.2, -0.15) is 0 Å². The van der Waals surface area contributed by atoms with Crippen LogP contribution in [0.4, 0.5) is 0 Å². The second-order valence-electron chi connectivity index (χ2n) is 1.13. The fourth-order valence-corrected chi connectivity index (χ4v) is 0.249. The summed E-state index contributed by atoms with van der Waals surface area (Å²) in [6, 6.07) is 0. The minimum absolute atomic E-state index is 0.266. The molecule has 0 saturated heterocycles. The number of amides is 1. The Kier molecular flexibility index (Phi) is 2.89. The quantitative estimate of drug-likeness (QED) is 0.264. The van der Waals surface area contributed by atoms with Crippen LogP contribution >= 0.6 is 0 Å². The van der Waals surface area contributed by atoms with E-state index in [0.29, 0.717) is 0 Å². The summed E-state index contributed by atoms with van der Waals surface area (Å²) in [6.45, 7) is -0.763. The molecular weight excluding hydrogens is 146 g/mol. The second kappa shape index (κ2) is 3.21. The van der Waals surface area contributed by atoms with Crippen molar-refractivity contribution in [2.45, 2.75) is 0 Å². The van der Waals surface area contributed by atoms with Crippen LogP contribution in [-0.4, -0.2) is 32.8 Å². The molecule has 9 heavy (non-hydrogen) atoms. The fourth-order valence-electron chi connectivity index (χ4n) is 0.171. The zero-order chi connectivity index (χ0) is 7.44. The van der Waals surface area contributed by atoms with E-state index in [1.807, 2.05) is 0 Å². The molecule has 5 nitrogen and oxygen atoms in total. The summed E-state index contributed by atoms with van der Waals surface area (Å²) < 4.78 is 0.266. The van der Waals surface area contributed by atoms with Crippen molar-refractivity contribution in [3.8, 4) is 0 Å². The van der Waals surface area contributed by atoms with E-state index in [1.165, 1.54) is 0 Å². The van der Waals surface area contributed by atoms with Crippen LogP contribution in [0.15, 0.2) is 0 Å². The van der Waals surface area contributed by atoms with Crippen molar-refractivity contribution < 1.29 is 23.7 Å². The minimum Gasteiger partial charge on any atom is -0.471 e. The van der Waals surface area contributed by atoms with Crippen LogP contribution in [-0.2, 0) is 22.0 Å². The Bertz CT molecular complexity index is 165. The molecule has 0 unspecified atom stereocenters. The average Bonchev–Trinajstić information content (AvgIpc) is 1.84. The van der Waals surface area contributed by atoms with Crippen molar-refractivity contribution in [2.75, 3.05) is 6.73 Å². The first-order valence-electron chi connectivity index (χ1n) is 1.92. The molecule has 0 rings (SSSR count). The molecule has 0 saturated carbocycles. The van der Waals surface area contributed by atoms with Gasteiger partial charge in [0.05, 0.1) is 0 Å². The maximum atomic E-state index is 10.1. The zero-order valence-corrected chi connectivity index (χ0v) is 5.09. The van der Waals surface area contributed by atoms with E-state index in [1.54, 1.807) is 0 Å². The van der Waals surface area contributed by atoms with Crippen molar-refractivity contribution in [1.29, 1.82) is 0 Å². The maximum absolute atomic E-state index is 10.1. The third-order valence-electron chi connectivity index (χ3n) is 0.538. The monoisotopic (exact) mass is 150 g/mol. The topological polar surface area (TPSA) is 77.6 Å². The van der Waals surface area contributed by atoms with Crippen LogP contribution in [0, 0.1) is 0 Å². The third kappa shape index (κ3) is 2.24. The molecule has 50 valence electrons. The fraction of sp³-hybridized carbons (Fsp3) is 0.333. The number of carboxylic acid groups (broad SMARTS) is 1. The molecule has 0 aromatic heterocycles. The first kappa shape index (κ1) is 8.12. The molecule has 0 aromatic carbocycles. The lowest BCUT2D eigenvalue weighted by molar-refractivity contribution is -0.458. The highest BCUT2D eigenvalue weighted by Gasteiger charge is 2.25. The van der Waals surface area contributed by atoms with Gasteiger partial charge in [-0.05, 0) is 0 Å². The van der Waals surface area contributed by atoms with Gasteiger partial charge in [-0.1, -0.05) is 3.95 Å². The van der Waals surface area contributed by atoms with E-state index >= 15 is 0 Å². The van der Waals surface area contributed by atoms with Gasteiger partial charge in [0.1, 0.15) is 0 Å². The van der Waals surface area contributed by atoms with Gasteiger partial charge < -0.3 is 10.2 Å². The molecule has 0 aromatic rings. The molecular formula is C3H4NO4S+. The summed E-state index contributed by atoms with van der Waals surface area (Å²) in [4.78, 5) is 19.9. The Morgan fingerprint density at radius 3 is 2.11 bits per heavy atom. The summed E-state index contributed by atoms with van der Waals surface area (Å²) in [6.07, 6.45) is 0. The van der Waals surface area contributed by atoms with Gasteiger partial charge in [0.25, 0.3) is 19.2 Å². The van der Waals surface area contributed by atoms with Crippen LogP contribution < -0.4 is 0 Å². The Balaban J connectivity index is 4.05. The summed E-state index contributed by atoms with van der Waals surface area (Å²) >= 11 is 4.09. The smallest absolute Gasteiger partial charge is 0.471 e. The molecule has 0 aliphatic rings. The molecule has 0 radical (unpaired) electrons. The summed E-state index contributed by atoms with van der Waals surface area (Å²) in [7, 11) is 0. The van der Waals surface area contributed by atoms with E-state index in [0.717, 1.165) is 0 Å². The van der Waals surface area contributed by atoms with Gasteiger partial charge in [0, 0.05) is 0 Å². The molecule has 0 aliphatic carbocycles. The van der Waals surface area contributed by atoms with Gasteiger partial charge in [0.2, 0.25) is 0 Å². The van der Waals surface area contributed by atoms with Crippen molar-refractivity contribution in [3.63, 3.8) is 0 Å². The Labute approximate surface area is 55.7 Å². The molecule has 1 amide bonds. The molecule has 2 N–H and O–H groups in total. The molecule has 6 heteroatoms. The summed E-state index contributed by atoms with van der Waals surface area (Å²) in [5, 5.41) is 16.0. The average molecular weight is 150 g/mol. The normalized spacial score (nSPS) is 8.56. The van der Waals surface area contributed by atoms with Gasteiger partial charge in [-0.25, -0.2) is 9.59 Å². The minimum atomic E-state index is -1.67. The number of carbonyl (C=O) groups is 2. The number of aliphatic hydroxyl groups is 1. The lowest BCUT2D eigenvalue weighted by atomic mass is 10.6. The van der Waals surface area contributed by atoms with E-state index in [9.17, 15) is 9.59 Å². The van der Waals surface area contributed by atoms with E-state index in [2.05, 4.69) is 12.4 Å². The summed E-state index contributed by atoms with van der Waals surface area (Å²) in [5.41, 5.74) is 0. The lowest BCUT2D eigenvalue weighted by Gasteiger charge is -1.82. The van der Waals surface area contributed by atoms with E-state index in [4.69, 9.17) is 10.2 Å². The van der Waals surface area contributed by atoms with Crippen molar-refractivity contribution in [2.24, 2.45) is 0 Å². The molecule has 0 aliphatic heterocycles. The van der Waals surface area contributed by atoms with Gasteiger partial charge >= 0.3 is 11.9 Å². The molecule has 0 spiro atoms. The largest absolute Gasteiger partial charge is 0.513 e. The second-order valence-corrected chi connectivity index (χ2v) is 1.57. The highest BCUT2D eigenvalue weighted by molar-refractivity contribution is 7.44. The van der Waals surface area contributed by atoms with Crippen LogP contribution in [0.5, 0.6) is 0 Å². The van der Waals surface area contributed by atoms with E-state index < -0.39 is 18.6 Å². The van der Waals surface area contributed by atoms with Crippen molar-refractivity contribution >= 4 is 24.3 Å². The molecule has 0 fully saturated rings. The molecule has 0 heterocycles. The Morgan fingerprint density at radius 2 is 2.00 bits per heavy atom. The highest BCUT2D eigenvalue weighted by atomic mass is 32.1. The first-order chi connectivity index (χ1) is 4.09. The lowest BCUT2D eigenvalue weighted by Crippen LogP contribution is -2.26. The maximum Gasteiger partial charge on any atom is 0.513 e. The standard InChI is InChI=1S/C3H3NO4S/c5-1-4(9)2(6)3(7)8/h5H,1H2/p+1. The number of rotatable bonds is 1. The van der Waals surface area contributed by atoms with Gasteiger partial charge in [-0.3, -0.25) is 0 Å². The zero-order valence-electron chi connectivity index (χ0n) is 4.27. The highest BCUT2D eigenvalue weighted by Crippen LogP contribution is 1.73.